The highest BCUT2D eigenvalue weighted by atomic mass is 16.5. The van der Waals surface area contributed by atoms with Crippen molar-refractivity contribution in [3.63, 3.8) is 0 Å². The lowest BCUT2D eigenvalue weighted by atomic mass is 10.2. The lowest BCUT2D eigenvalue weighted by Crippen LogP contribution is -2.41. The molecular weight excluding hydrogens is 334 g/mol. The number of pyridine rings is 1. The van der Waals surface area contributed by atoms with Crippen LogP contribution in [0.4, 0.5) is 0 Å². The summed E-state index contributed by atoms with van der Waals surface area (Å²) in [6.45, 7) is 4.95. The Morgan fingerprint density at radius 1 is 1.12 bits per heavy atom. The quantitative estimate of drug-likeness (QED) is 0.794. The lowest BCUT2D eigenvalue weighted by Gasteiger charge is -2.26. The Labute approximate surface area is 151 Å². The third kappa shape index (κ3) is 2.86. The average molecular weight is 355 g/mol. The molecule has 0 unspecified atom stereocenters. The fourth-order valence-electron chi connectivity index (χ4n) is 3.49. The molecule has 4 heterocycles. The summed E-state index contributed by atoms with van der Waals surface area (Å²) in [5, 5.41) is 4.42. The summed E-state index contributed by atoms with van der Waals surface area (Å²) in [5.41, 5.74) is 3.63. The number of morpholine rings is 1. The van der Waals surface area contributed by atoms with Crippen molar-refractivity contribution in [1.82, 2.24) is 24.6 Å². The summed E-state index contributed by atoms with van der Waals surface area (Å²) in [4.78, 5) is 33.3. The first kappa shape index (κ1) is 16.7. The minimum atomic E-state index is -0.0841. The van der Waals surface area contributed by atoms with Gasteiger partial charge in [-0.15, -0.1) is 0 Å². The Bertz CT molecular complexity index is 870. The number of ether oxygens (including phenoxy) is 1. The molecule has 8 nitrogen and oxygen atoms in total. The van der Waals surface area contributed by atoms with Crippen molar-refractivity contribution in [3.8, 4) is 0 Å². The first-order valence-electron chi connectivity index (χ1n) is 8.68. The van der Waals surface area contributed by atoms with Crippen molar-refractivity contribution in [2.75, 3.05) is 26.3 Å². The van der Waals surface area contributed by atoms with Crippen LogP contribution in [0.25, 0.3) is 0 Å². The molecule has 0 radical (unpaired) electrons. The maximum Gasteiger partial charge on any atom is 0.274 e. The van der Waals surface area contributed by atoms with Crippen molar-refractivity contribution in [2.45, 2.75) is 20.0 Å². The SMILES string of the molecule is Cc1cc(C(=O)N2Cc3c(C(=O)N4CCOCC4)nn(C)c3C2)ccn1. The number of fused-ring (bicyclic) bond motifs is 1. The van der Waals surface area contributed by atoms with E-state index in [4.69, 9.17) is 4.74 Å². The van der Waals surface area contributed by atoms with Crippen LogP contribution >= 0.6 is 0 Å². The zero-order chi connectivity index (χ0) is 18.3. The molecule has 0 bridgehead atoms. The number of rotatable bonds is 2. The Morgan fingerprint density at radius 3 is 2.62 bits per heavy atom. The normalized spacial score (nSPS) is 16.7. The van der Waals surface area contributed by atoms with E-state index in [1.165, 1.54) is 0 Å². The van der Waals surface area contributed by atoms with Gasteiger partial charge in [0.15, 0.2) is 5.69 Å². The maximum atomic E-state index is 12.8. The van der Waals surface area contributed by atoms with E-state index in [0.29, 0.717) is 50.7 Å². The van der Waals surface area contributed by atoms with Crippen LogP contribution in [0, 0.1) is 6.92 Å². The Hall–Kier alpha value is -2.74. The van der Waals surface area contributed by atoms with Gasteiger partial charge in [-0.25, -0.2) is 0 Å². The van der Waals surface area contributed by atoms with E-state index >= 15 is 0 Å². The summed E-state index contributed by atoms with van der Waals surface area (Å²) >= 11 is 0. The first-order chi connectivity index (χ1) is 12.5. The molecule has 0 aliphatic carbocycles. The van der Waals surface area contributed by atoms with Crippen LogP contribution in [0.15, 0.2) is 18.3 Å². The zero-order valence-electron chi connectivity index (χ0n) is 14.9. The number of hydrogen-bond donors (Lipinski definition) is 0. The second-order valence-electron chi connectivity index (χ2n) is 6.65. The molecule has 26 heavy (non-hydrogen) atoms. The standard InChI is InChI=1S/C18H21N5O3/c1-12-9-13(3-4-19-12)17(24)23-10-14-15(11-23)21(2)20-16(14)18(25)22-5-7-26-8-6-22/h3-4,9H,5-8,10-11H2,1-2H3. The van der Waals surface area contributed by atoms with Gasteiger partial charge in [0.05, 0.1) is 32.0 Å². The van der Waals surface area contributed by atoms with Gasteiger partial charge in [0.2, 0.25) is 0 Å². The molecule has 2 aliphatic heterocycles. The highest BCUT2D eigenvalue weighted by molar-refractivity contribution is 5.96. The lowest BCUT2D eigenvalue weighted by molar-refractivity contribution is 0.0297. The average Bonchev–Trinajstić information content (AvgIpc) is 3.22. The van der Waals surface area contributed by atoms with Gasteiger partial charge in [-0.05, 0) is 19.1 Å². The smallest absolute Gasteiger partial charge is 0.274 e. The molecule has 0 atom stereocenters. The number of carbonyl (C=O) groups is 2. The van der Waals surface area contributed by atoms with Gasteiger partial charge >= 0.3 is 0 Å². The molecule has 2 aliphatic rings. The van der Waals surface area contributed by atoms with Crippen molar-refractivity contribution in [1.29, 1.82) is 0 Å². The van der Waals surface area contributed by atoms with Crippen molar-refractivity contribution in [2.24, 2.45) is 7.05 Å². The summed E-state index contributed by atoms with van der Waals surface area (Å²) in [6, 6.07) is 3.50. The molecule has 1 saturated heterocycles. The highest BCUT2D eigenvalue weighted by Crippen LogP contribution is 2.28. The van der Waals surface area contributed by atoms with Crippen LogP contribution in [0.5, 0.6) is 0 Å². The van der Waals surface area contributed by atoms with E-state index in [2.05, 4.69) is 10.1 Å². The van der Waals surface area contributed by atoms with Crippen LogP contribution in [-0.2, 0) is 24.9 Å². The van der Waals surface area contributed by atoms with Gasteiger partial charge in [0.1, 0.15) is 0 Å². The number of aromatic nitrogens is 3. The van der Waals surface area contributed by atoms with E-state index in [1.54, 1.807) is 32.8 Å². The molecular formula is C18H21N5O3. The molecule has 0 saturated carbocycles. The number of amides is 2. The van der Waals surface area contributed by atoms with Crippen molar-refractivity contribution in [3.05, 3.63) is 46.5 Å². The summed E-state index contributed by atoms with van der Waals surface area (Å²) in [7, 11) is 1.82. The number of hydrogen-bond acceptors (Lipinski definition) is 5. The topological polar surface area (TPSA) is 80.6 Å². The van der Waals surface area contributed by atoms with E-state index in [1.807, 2.05) is 14.0 Å². The van der Waals surface area contributed by atoms with E-state index in [-0.39, 0.29) is 11.8 Å². The molecule has 2 aromatic rings. The van der Waals surface area contributed by atoms with E-state index in [0.717, 1.165) is 17.0 Å². The Morgan fingerprint density at radius 2 is 1.88 bits per heavy atom. The number of carbonyl (C=O) groups excluding carboxylic acids is 2. The number of nitrogens with zero attached hydrogens (tertiary/aromatic N) is 5. The first-order valence-corrected chi connectivity index (χ1v) is 8.68. The van der Waals surface area contributed by atoms with Crippen LogP contribution in [0.2, 0.25) is 0 Å². The van der Waals surface area contributed by atoms with Crippen LogP contribution < -0.4 is 0 Å². The largest absolute Gasteiger partial charge is 0.378 e. The van der Waals surface area contributed by atoms with Gasteiger partial charge < -0.3 is 14.5 Å². The highest BCUT2D eigenvalue weighted by Gasteiger charge is 2.34. The predicted octanol–water partition coefficient (Wildman–Crippen LogP) is 0.752. The summed E-state index contributed by atoms with van der Waals surface area (Å²) in [6.07, 6.45) is 1.64. The van der Waals surface area contributed by atoms with Gasteiger partial charge in [-0.3, -0.25) is 19.3 Å². The molecule has 0 N–H and O–H groups in total. The minimum Gasteiger partial charge on any atom is -0.378 e. The maximum absolute atomic E-state index is 12.8. The molecule has 0 aromatic carbocycles. The third-order valence-corrected chi connectivity index (χ3v) is 4.90. The van der Waals surface area contributed by atoms with Gasteiger partial charge in [0, 0.05) is 43.2 Å². The summed E-state index contributed by atoms with van der Waals surface area (Å²) < 4.78 is 7.03. The molecule has 0 spiro atoms. The van der Waals surface area contributed by atoms with Crippen molar-refractivity contribution >= 4 is 11.8 Å². The Kier molecular flexibility index (Phi) is 4.20. The van der Waals surface area contributed by atoms with Crippen LogP contribution in [-0.4, -0.2) is 62.7 Å². The third-order valence-electron chi connectivity index (χ3n) is 4.90. The van der Waals surface area contributed by atoms with Crippen LogP contribution in [0.1, 0.15) is 37.8 Å². The Balaban J connectivity index is 1.57. The molecule has 2 amide bonds. The fraction of sp³-hybridized carbons (Fsp3) is 0.444. The second-order valence-corrected chi connectivity index (χ2v) is 6.65. The minimum absolute atomic E-state index is 0.0588. The van der Waals surface area contributed by atoms with Gasteiger partial charge in [-0.2, -0.15) is 5.10 Å². The molecule has 8 heteroatoms. The number of aryl methyl sites for hydroxylation is 2. The van der Waals surface area contributed by atoms with E-state index < -0.39 is 0 Å². The summed E-state index contributed by atoms with van der Waals surface area (Å²) in [5.74, 6) is -0.143. The fourth-order valence-corrected chi connectivity index (χ4v) is 3.49. The predicted molar refractivity (Wildman–Crippen MR) is 92.5 cm³/mol. The molecule has 2 aromatic heterocycles. The monoisotopic (exact) mass is 355 g/mol. The second kappa shape index (κ2) is 6.53. The van der Waals surface area contributed by atoms with Gasteiger partial charge in [-0.1, -0.05) is 0 Å². The zero-order valence-corrected chi connectivity index (χ0v) is 14.9. The molecule has 136 valence electrons. The van der Waals surface area contributed by atoms with E-state index in [9.17, 15) is 9.59 Å². The van der Waals surface area contributed by atoms with Gasteiger partial charge in [0.25, 0.3) is 11.8 Å². The van der Waals surface area contributed by atoms with Crippen molar-refractivity contribution < 1.29 is 14.3 Å². The molecule has 4 rings (SSSR count). The van der Waals surface area contributed by atoms with Crippen LogP contribution in [0.3, 0.4) is 0 Å². The molecule has 1 fully saturated rings.